The summed E-state index contributed by atoms with van der Waals surface area (Å²) in [5.74, 6) is 5.56. The van der Waals surface area contributed by atoms with Crippen molar-refractivity contribution in [1.29, 1.82) is 0 Å². The van der Waals surface area contributed by atoms with Gasteiger partial charge in [0.15, 0.2) is 11.5 Å². The number of hydrogen-bond donors (Lipinski definition) is 2. The van der Waals surface area contributed by atoms with Crippen molar-refractivity contribution in [3.63, 3.8) is 0 Å². The van der Waals surface area contributed by atoms with Gasteiger partial charge >= 0.3 is 0 Å². The van der Waals surface area contributed by atoms with E-state index in [0.717, 1.165) is 5.56 Å². The second kappa shape index (κ2) is 4.31. The van der Waals surface area contributed by atoms with Crippen LogP contribution in [-0.4, -0.2) is 18.4 Å². The summed E-state index contributed by atoms with van der Waals surface area (Å²) >= 11 is 2.01. The predicted molar refractivity (Wildman–Crippen MR) is 59.2 cm³/mol. The third kappa shape index (κ3) is 2.24. The van der Waals surface area contributed by atoms with Gasteiger partial charge in [0.05, 0.1) is 16.9 Å². The van der Waals surface area contributed by atoms with Crippen LogP contribution in [-0.2, 0) is 0 Å². The average Bonchev–Trinajstić information content (AvgIpc) is 2.11. The smallest absolute Gasteiger partial charge is 0.171 e. The number of nitrogens with two attached hydrogens (primary N) is 1. The van der Waals surface area contributed by atoms with Crippen LogP contribution in [0, 0.1) is 3.57 Å². The van der Waals surface area contributed by atoms with Gasteiger partial charge in [0.25, 0.3) is 0 Å². The first kappa shape index (κ1) is 10.1. The first-order valence-corrected chi connectivity index (χ1v) is 4.56. The molecule has 4 nitrogen and oxygen atoms in total. The quantitative estimate of drug-likeness (QED) is 0.373. The average molecular weight is 292 g/mol. The van der Waals surface area contributed by atoms with E-state index in [2.05, 4.69) is 5.10 Å². The number of nitrogens with zero attached hydrogens (tertiary/aromatic N) is 1. The summed E-state index contributed by atoms with van der Waals surface area (Å²) in [4.78, 5) is 0. The molecule has 0 spiro atoms. The highest BCUT2D eigenvalue weighted by molar-refractivity contribution is 14.1. The number of aromatic hydroxyl groups is 1. The zero-order valence-corrected chi connectivity index (χ0v) is 9.15. The van der Waals surface area contributed by atoms with Gasteiger partial charge in [-0.2, -0.15) is 5.10 Å². The van der Waals surface area contributed by atoms with Crippen molar-refractivity contribution in [3.05, 3.63) is 21.3 Å². The summed E-state index contributed by atoms with van der Waals surface area (Å²) in [6, 6.07) is 3.42. The standard InChI is InChI=1S/C8H9IN2O2/c1-13-7-3-5(4-11-10)2-6(9)8(7)12/h2-4,12H,10H2,1H3. The third-order valence-corrected chi connectivity index (χ3v) is 2.32. The fraction of sp³-hybridized carbons (Fsp3) is 0.125. The van der Waals surface area contributed by atoms with Crippen molar-refractivity contribution in [2.45, 2.75) is 0 Å². The van der Waals surface area contributed by atoms with Gasteiger partial charge in [0.2, 0.25) is 0 Å². The normalized spacial score (nSPS) is 10.6. The van der Waals surface area contributed by atoms with E-state index in [4.69, 9.17) is 10.6 Å². The van der Waals surface area contributed by atoms with E-state index in [0.29, 0.717) is 9.32 Å². The molecule has 0 heterocycles. The van der Waals surface area contributed by atoms with Gasteiger partial charge in [-0.3, -0.25) is 0 Å². The minimum atomic E-state index is 0.136. The lowest BCUT2D eigenvalue weighted by Crippen LogP contribution is -1.91. The lowest BCUT2D eigenvalue weighted by molar-refractivity contribution is 0.371. The summed E-state index contributed by atoms with van der Waals surface area (Å²) < 4.78 is 5.66. The molecule has 0 aliphatic rings. The van der Waals surface area contributed by atoms with E-state index in [9.17, 15) is 5.11 Å². The lowest BCUT2D eigenvalue weighted by atomic mass is 10.2. The number of methoxy groups -OCH3 is 1. The molecular weight excluding hydrogens is 283 g/mol. The van der Waals surface area contributed by atoms with Gasteiger partial charge in [-0.25, -0.2) is 0 Å². The topological polar surface area (TPSA) is 67.8 Å². The number of ether oxygens (including phenoxy) is 1. The van der Waals surface area contributed by atoms with Gasteiger partial charge in [-0.15, -0.1) is 0 Å². The molecule has 0 aliphatic carbocycles. The Morgan fingerprint density at radius 1 is 1.62 bits per heavy atom. The maximum atomic E-state index is 9.48. The molecule has 0 saturated carbocycles. The maximum Gasteiger partial charge on any atom is 0.171 e. The van der Waals surface area contributed by atoms with Crippen LogP contribution in [0.3, 0.4) is 0 Å². The van der Waals surface area contributed by atoms with Crippen LogP contribution in [0.15, 0.2) is 17.2 Å². The van der Waals surface area contributed by atoms with E-state index in [-0.39, 0.29) is 5.75 Å². The number of hydrazone groups is 1. The molecule has 13 heavy (non-hydrogen) atoms. The zero-order valence-electron chi connectivity index (χ0n) is 6.99. The Balaban J connectivity index is 3.21. The molecule has 0 bridgehead atoms. The van der Waals surface area contributed by atoms with Crippen molar-refractivity contribution < 1.29 is 9.84 Å². The van der Waals surface area contributed by atoms with E-state index < -0.39 is 0 Å². The minimum absolute atomic E-state index is 0.136. The van der Waals surface area contributed by atoms with Gasteiger partial charge in [-0.05, 0) is 40.3 Å². The van der Waals surface area contributed by atoms with Crippen molar-refractivity contribution >= 4 is 28.8 Å². The molecule has 1 rings (SSSR count). The molecule has 0 unspecified atom stereocenters. The van der Waals surface area contributed by atoms with Crippen molar-refractivity contribution in [1.82, 2.24) is 0 Å². The zero-order chi connectivity index (χ0) is 9.84. The highest BCUT2D eigenvalue weighted by Crippen LogP contribution is 2.31. The molecule has 0 radical (unpaired) electrons. The van der Waals surface area contributed by atoms with Crippen molar-refractivity contribution in [2.75, 3.05) is 7.11 Å². The first-order chi connectivity index (χ1) is 6.19. The molecule has 0 saturated heterocycles. The number of rotatable bonds is 2. The molecule has 70 valence electrons. The Morgan fingerprint density at radius 3 is 2.85 bits per heavy atom. The molecule has 0 aromatic heterocycles. The van der Waals surface area contributed by atoms with E-state index in [1.165, 1.54) is 13.3 Å². The Labute approximate surface area is 89.5 Å². The van der Waals surface area contributed by atoms with E-state index >= 15 is 0 Å². The monoisotopic (exact) mass is 292 g/mol. The third-order valence-electron chi connectivity index (χ3n) is 1.49. The number of hydrogen-bond acceptors (Lipinski definition) is 4. The fourth-order valence-corrected chi connectivity index (χ4v) is 1.54. The van der Waals surface area contributed by atoms with Crippen LogP contribution < -0.4 is 10.6 Å². The molecule has 0 amide bonds. The molecule has 0 aliphatic heterocycles. The van der Waals surface area contributed by atoms with Crippen molar-refractivity contribution in [2.24, 2.45) is 10.9 Å². The summed E-state index contributed by atoms with van der Waals surface area (Å²) in [7, 11) is 1.49. The number of halogens is 1. The Bertz CT molecular complexity index is 339. The lowest BCUT2D eigenvalue weighted by Gasteiger charge is -2.05. The highest BCUT2D eigenvalue weighted by Gasteiger charge is 2.06. The van der Waals surface area contributed by atoms with Gasteiger partial charge in [0, 0.05) is 0 Å². The molecule has 3 N–H and O–H groups in total. The Hall–Kier alpha value is -0.980. The van der Waals surface area contributed by atoms with Gasteiger partial charge in [0.1, 0.15) is 0 Å². The van der Waals surface area contributed by atoms with Crippen LogP contribution in [0.2, 0.25) is 0 Å². The molecule has 1 aromatic carbocycles. The summed E-state index contributed by atoms with van der Waals surface area (Å²) in [6.45, 7) is 0. The SMILES string of the molecule is COc1cc(C=NN)cc(I)c1O. The van der Waals surface area contributed by atoms with E-state index in [1.807, 2.05) is 22.6 Å². The van der Waals surface area contributed by atoms with Crippen LogP contribution in [0.25, 0.3) is 0 Å². The summed E-state index contributed by atoms with van der Waals surface area (Å²) in [5, 5.41) is 12.9. The number of phenolic OH excluding ortho intramolecular Hbond substituents is 1. The van der Waals surface area contributed by atoms with Crippen LogP contribution in [0.5, 0.6) is 11.5 Å². The maximum absolute atomic E-state index is 9.48. The summed E-state index contributed by atoms with van der Waals surface area (Å²) in [6.07, 6.45) is 1.49. The Kier molecular flexibility index (Phi) is 3.35. The summed E-state index contributed by atoms with van der Waals surface area (Å²) in [5.41, 5.74) is 0.793. The van der Waals surface area contributed by atoms with Crippen LogP contribution >= 0.6 is 22.6 Å². The molecule has 0 fully saturated rings. The predicted octanol–water partition coefficient (Wildman–Crippen LogP) is 1.30. The van der Waals surface area contributed by atoms with Crippen LogP contribution in [0.4, 0.5) is 0 Å². The number of phenols is 1. The second-order valence-corrected chi connectivity index (χ2v) is 3.49. The minimum Gasteiger partial charge on any atom is -0.504 e. The van der Waals surface area contributed by atoms with E-state index in [1.54, 1.807) is 12.1 Å². The largest absolute Gasteiger partial charge is 0.504 e. The van der Waals surface area contributed by atoms with Crippen LogP contribution in [0.1, 0.15) is 5.56 Å². The molecule has 1 aromatic rings. The van der Waals surface area contributed by atoms with Crippen molar-refractivity contribution in [3.8, 4) is 11.5 Å². The molecule has 5 heteroatoms. The van der Waals surface area contributed by atoms with Gasteiger partial charge in [-0.1, -0.05) is 0 Å². The highest BCUT2D eigenvalue weighted by atomic mass is 127. The first-order valence-electron chi connectivity index (χ1n) is 3.48. The van der Waals surface area contributed by atoms with Gasteiger partial charge < -0.3 is 15.7 Å². The molecular formula is C8H9IN2O2. The Morgan fingerprint density at radius 2 is 2.31 bits per heavy atom. The molecule has 0 atom stereocenters. The second-order valence-electron chi connectivity index (χ2n) is 2.33. The number of benzene rings is 1. The fourth-order valence-electron chi connectivity index (χ4n) is 0.910.